The van der Waals surface area contributed by atoms with Gasteiger partial charge in [0.05, 0.1) is 17.8 Å². The number of amides is 1. The first-order valence-electron chi connectivity index (χ1n) is 8.25. The minimum Gasteiger partial charge on any atom is -0.348 e. The minimum absolute atomic E-state index is 0.227. The lowest BCUT2D eigenvalue weighted by molar-refractivity contribution is 0.0949. The molecule has 0 unspecified atom stereocenters. The Balaban J connectivity index is 1.77. The van der Waals surface area contributed by atoms with Gasteiger partial charge in [0.2, 0.25) is 0 Å². The number of carbonyl (C=O) groups excluding carboxylic acids is 1. The van der Waals surface area contributed by atoms with Gasteiger partial charge in [-0.3, -0.25) is 9.48 Å². The highest BCUT2D eigenvalue weighted by Crippen LogP contribution is 2.19. The third-order valence-electron chi connectivity index (χ3n) is 4.23. The number of hydrogen-bond donors (Lipinski definition) is 1. The van der Waals surface area contributed by atoms with Crippen molar-refractivity contribution in [1.29, 1.82) is 0 Å². The van der Waals surface area contributed by atoms with E-state index in [1.165, 1.54) is 12.1 Å². The van der Waals surface area contributed by atoms with Crippen molar-refractivity contribution in [2.75, 3.05) is 0 Å². The number of carbonyl (C=O) groups is 1. The first-order valence-corrected chi connectivity index (χ1v) is 8.63. The molecular weight excluding hydrogens is 353 g/mol. The summed E-state index contributed by atoms with van der Waals surface area (Å²) in [5.41, 5.74) is 3.59. The fourth-order valence-electron chi connectivity index (χ4n) is 2.89. The van der Waals surface area contributed by atoms with Crippen molar-refractivity contribution in [2.24, 2.45) is 0 Å². The number of aryl methyl sites for hydroxylation is 1. The summed E-state index contributed by atoms with van der Waals surface area (Å²) in [5.74, 6) is -0.550. The third-order valence-corrected chi connectivity index (χ3v) is 4.60. The van der Waals surface area contributed by atoms with Crippen LogP contribution >= 0.6 is 11.6 Å². The topological polar surface area (TPSA) is 46.9 Å². The fourth-order valence-corrected chi connectivity index (χ4v) is 3.08. The Morgan fingerprint density at radius 3 is 2.69 bits per heavy atom. The van der Waals surface area contributed by atoms with Gasteiger partial charge < -0.3 is 5.32 Å². The van der Waals surface area contributed by atoms with Gasteiger partial charge in [-0.25, -0.2) is 4.39 Å². The van der Waals surface area contributed by atoms with Crippen LogP contribution in [-0.2, 0) is 13.1 Å². The first kappa shape index (κ1) is 18.1. The first-order chi connectivity index (χ1) is 12.5. The summed E-state index contributed by atoms with van der Waals surface area (Å²) in [6.45, 7) is 4.40. The molecule has 0 atom stereocenters. The van der Waals surface area contributed by atoms with Crippen LogP contribution in [0.1, 0.15) is 32.9 Å². The van der Waals surface area contributed by atoms with E-state index in [9.17, 15) is 9.18 Å². The summed E-state index contributed by atoms with van der Waals surface area (Å²) in [6, 6.07) is 13.7. The molecule has 0 aliphatic heterocycles. The van der Waals surface area contributed by atoms with E-state index in [4.69, 9.17) is 11.6 Å². The van der Waals surface area contributed by atoms with Gasteiger partial charge in [0.1, 0.15) is 5.82 Å². The number of aromatic nitrogens is 2. The van der Waals surface area contributed by atoms with Gasteiger partial charge in [0, 0.05) is 17.3 Å². The van der Waals surface area contributed by atoms with E-state index in [0.29, 0.717) is 28.4 Å². The Kier molecular flexibility index (Phi) is 5.38. The van der Waals surface area contributed by atoms with Crippen molar-refractivity contribution >= 4 is 17.5 Å². The molecule has 26 heavy (non-hydrogen) atoms. The van der Waals surface area contributed by atoms with Crippen LogP contribution in [0.3, 0.4) is 0 Å². The molecule has 0 aliphatic carbocycles. The van der Waals surface area contributed by atoms with Gasteiger partial charge in [-0.15, -0.1) is 0 Å². The van der Waals surface area contributed by atoms with E-state index in [0.717, 1.165) is 11.3 Å². The van der Waals surface area contributed by atoms with E-state index in [-0.39, 0.29) is 18.3 Å². The van der Waals surface area contributed by atoms with E-state index in [1.807, 2.05) is 31.2 Å². The molecule has 0 spiro atoms. The lowest BCUT2D eigenvalue weighted by Gasteiger charge is -2.08. The van der Waals surface area contributed by atoms with Gasteiger partial charge in [-0.1, -0.05) is 41.9 Å². The zero-order valence-corrected chi connectivity index (χ0v) is 15.3. The molecule has 1 N–H and O–H groups in total. The standard InChI is InChI=1S/C20H19ClFN3O/c1-13-19(20(26)23-11-15-6-5-8-17(22)10-15)14(2)25(24-13)12-16-7-3-4-9-18(16)21/h3-10H,11-12H2,1-2H3,(H,23,26). The third kappa shape index (κ3) is 3.94. The molecular formula is C20H19ClFN3O. The Labute approximate surface area is 156 Å². The number of hydrogen-bond acceptors (Lipinski definition) is 2. The van der Waals surface area contributed by atoms with Crippen LogP contribution < -0.4 is 5.32 Å². The zero-order chi connectivity index (χ0) is 18.7. The van der Waals surface area contributed by atoms with E-state index in [1.54, 1.807) is 23.7 Å². The van der Waals surface area contributed by atoms with Gasteiger partial charge in [-0.05, 0) is 43.2 Å². The Bertz CT molecular complexity index is 952. The SMILES string of the molecule is Cc1nn(Cc2ccccc2Cl)c(C)c1C(=O)NCc1cccc(F)c1. The molecule has 134 valence electrons. The lowest BCUT2D eigenvalue weighted by atomic mass is 10.1. The predicted molar refractivity (Wildman–Crippen MR) is 99.8 cm³/mol. The van der Waals surface area contributed by atoms with Crippen molar-refractivity contribution in [3.63, 3.8) is 0 Å². The van der Waals surface area contributed by atoms with Crippen molar-refractivity contribution in [1.82, 2.24) is 15.1 Å². The summed E-state index contributed by atoms with van der Waals surface area (Å²) in [7, 11) is 0. The monoisotopic (exact) mass is 371 g/mol. The lowest BCUT2D eigenvalue weighted by Crippen LogP contribution is -2.24. The van der Waals surface area contributed by atoms with Crippen LogP contribution in [0.4, 0.5) is 4.39 Å². The smallest absolute Gasteiger partial charge is 0.255 e. The van der Waals surface area contributed by atoms with Gasteiger partial charge >= 0.3 is 0 Å². The number of benzene rings is 2. The molecule has 2 aromatic carbocycles. The van der Waals surface area contributed by atoms with Crippen LogP contribution in [-0.4, -0.2) is 15.7 Å². The molecule has 3 aromatic rings. The van der Waals surface area contributed by atoms with Crippen LogP contribution in [0.5, 0.6) is 0 Å². The fraction of sp³-hybridized carbons (Fsp3) is 0.200. The highest BCUT2D eigenvalue weighted by Gasteiger charge is 2.19. The van der Waals surface area contributed by atoms with Gasteiger partial charge in [0.15, 0.2) is 0 Å². The number of nitrogens with zero attached hydrogens (tertiary/aromatic N) is 2. The Morgan fingerprint density at radius 1 is 1.19 bits per heavy atom. The molecule has 6 heteroatoms. The van der Waals surface area contributed by atoms with E-state index < -0.39 is 0 Å². The highest BCUT2D eigenvalue weighted by atomic mass is 35.5. The second-order valence-corrected chi connectivity index (χ2v) is 6.51. The van der Waals surface area contributed by atoms with Crippen molar-refractivity contribution in [2.45, 2.75) is 26.9 Å². The molecule has 1 aromatic heterocycles. The number of rotatable bonds is 5. The van der Waals surface area contributed by atoms with Gasteiger partial charge in [0.25, 0.3) is 5.91 Å². The Hall–Kier alpha value is -2.66. The molecule has 1 heterocycles. The Morgan fingerprint density at radius 2 is 1.96 bits per heavy atom. The molecule has 0 saturated carbocycles. The van der Waals surface area contributed by atoms with Gasteiger partial charge in [-0.2, -0.15) is 5.10 Å². The van der Waals surface area contributed by atoms with Crippen LogP contribution in [0.25, 0.3) is 0 Å². The van der Waals surface area contributed by atoms with Crippen LogP contribution in [0.15, 0.2) is 48.5 Å². The van der Waals surface area contributed by atoms with Crippen LogP contribution in [0.2, 0.25) is 5.02 Å². The molecule has 1 amide bonds. The quantitative estimate of drug-likeness (QED) is 0.728. The molecule has 3 rings (SSSR count). The molecule has 0 bridgehead atoms. The maximum atomic E-state index is 13.2. The normalized spacial score (nSPS) is 10.8. The van der Waals surface area contributed by atoms with E-state index in [2.05, 4.69) is 10.4 Å². The molecule has 0 radical (unpaired) electrons. The molecule has 4 nitrogen and oxygen atoms in total. The summed E-state index contributed by atoms with van der Waals surface area (Å²) < 4.78 is 15.0. The second-order valence-electron chi connectivity index (χ2n) is 6.11. The second kappa shape index (κ2) is 7.70. The molecule has 0 fully saturated rings. The highest BCUT2D eigenvalue weighted by molar-refractivity contribution is 6.31. The summed E-state index contributed by atoms with van der Waals surface area (Å²) >= 11 is 6.21. The van der Waals surface area contributed by atoms with Crippen LogP contribution in [0, 0.1) is 19.7 Å². The maximum absolute atomic E-state index is 13.2. The summed E-state index contributed by atoms with van der Waals surface area (Å²) in [4.78, 5) is 12.6. The summed E-state index contributed by atoms with van der Waals surface area (Å²) in [5, 5.41) is 7.97. The average Bonchev–Trinajstić information content (AvgIpc) is 2.89. The number of nitrogens with one attached hydrogen (secondary N) is 1. The molecule has 0 saturated heterocycles. The van der Waals surface area contributed by atoms with Crippen molar-refractivity contribution < 1.29 is 9.18 Å². The van der Waals surface area contributed by atoms with Crippen molar-refractivity contribution in [3.05, 3.63) is 87.4 Å². The number of halogens is 2. The minimum atomic E-state index is -0.323. The largest absolute Gasteiger partial charge is 0.348 e. The zero-order valence-electron chi connectivity index (χ0n) is 14.6. The average molecular weight is 372 g/mol. The van der Waals surface area contributed by atoms with E-state index >= 15 is 0 Å². The summed E-state index contributed by atoms with van der Waals surface area (Å²) in [6.07, 6.45) is 0. The predicted octanol–water partition coefficient (Wildman–Crippen LogP) is 4.27. The van der Waals surface area contributed by atoms with Crippen molar-refractivity contribution in [3.8, 4) is 0 Å². The maximum Gasteiger partial charge on any atom is 0.255 e. The molecule has 0 aliphatic rings.